The first-order valence-electron chi connectivity index (χ1n) is 5.80. The molecule has 1 aliphatic carbocycles. The molecule has 0 aromatic carbocycles. The Morgan fingerprint density at radius 1 is 1.25 bits per heavy atom. The Labute approximate surface area is 94.2 Å². The van der Waals surface area contributed by atoms with E-state index >= 15 is 0 Å². The Kier molecular flexibility index (Phi) is 3.43. The van der Waals surface area contributed by atoms with Crippen molar-refractivity contribution in [3.05, 3.63) is 0 Å². The number of amides is 1. The number of aliphatic carboxylic acids is 1. The number of epoxide rings is 1. The van der Waals surface area contributed by atoms with Crippen molar-refractivity contribution < 1.29 is 19.4 Å². The van der Waals surface area contributed by atoms with Gasteiger partial charge in [-0.05, 0) is 12.8 Å². The van der Waals surface area contributed by atoms with Crippen molar-refractivity contribution in [1.29, 1.82) is 0 Å². The van der Waals surface area contributed by atoms with Crippen LogP contribution >= 0.6 is 0 Å². The van der Waals surface area contributed by atoms with E-state index in [9.17, 15) is 9.59 Å². The molecule has 0 bridgehead atoms. The molecule has 5 nitrogen and oxygen atoms in total. The molecular weight excluding hydrogens is 210 g/mol. The van der Waals surface area contributed by atoms with E-state index in [1.807, 2.05) is 0 Å². The normalized spacial score (nSPS) is 33.1. The maximum absolute atomic E-state index is 11.8. The van der Waals surface area contributed by atoms with Crippen LogP contribution in [0.2, 0.25) is 0 Å². The largest absolute Gasteiger partial charge is 0.481 e. The Bertz CT molecular complexity index is 288. The summed E-state index contributed by atoms with van der Waals surface area (Å²) in [6.45, 7) is 1.22. The molecule has 16 heavy (non-hydrogen) atoms. The second-order valence-electron chi connectivity index (χ2n) is 4.54. The highest BCUT2D eigenvalue weighted by Gasteiger charge is 2.36. The van der Waals surface area contributed by atoms with E-state index in [-0.39, 0.29) is 17.9 Å². The van der Waals surface area contributed by atoms with E-state index in [1.54, 1.807) is 0 Å². The van der Waals surface area contributed by atoms with Crippen LogP contribution in [0.25, 0.3) is 0 Å². The van der Waals surface area contributed by atoms with Gasteiger partial charge < -0.3 is 15.2 Å². The monoisotopic (exact) mass is 227 g/mol. The van der Waals surface area contributed by atoms with E-state index in [1.165, 1.54) is 0 Å². The first-order chi connectivity index (χ1) is 7.68. The number of hydrogen-bond donors (Lipinski definition) is 2. The van der Waals surface area contributed by atoms with Crippen molar-refractivity contribution in [1.82, 2.24) is 5.32 Å². The van der Waals surface area contributed by atoms with Crippen LogP contribution in [0.15, 0.2) is 0 Å². The Balaban J connectivity index is 1.87. The van der Waals surface area contributed by atoms with E-state index in [2.05, 4.69) is 5.32 Å². The molecule has 1 saturated carbocycles. The molecule has 0 aromatic rings. The summed E-state index contributed by atoms with van der Waals surface area (Å²) in [5.74, 6) is -1.83. The summed E-state index contributed by atoms with van der Waals surface area (Å²) in [5.41, 5.74) is 0. The molecular formula is C11H17NO4. The molecule has 0 spiro atoms. The van der Waals surface area contributed by atoms with E-state index < -0.39 is 11.9 Å². The minimum Gasteiger partial charge on any atom is -0.481 e. The van der Waals surface area contributed by atoms with E-state index in [4.69, 9.17) is 9.84 Å². The van der Waals surface area contributed by atoms with Crippen molar-refractivity contribution in [3.8, 4) is 0 Å². The molecule has 2 fully saturated rings. The lowest BCUT2D eigenvalue weighted by Crippen LogP contribution is -2.40. The van der Waals surface area contributed by atoms with Gasteiger partial charge in [0, 0.05) is 6.54 Å². The third kappa shape index (κ3) is 2.72. The van der Waals surface area contributed by atoms with Gasteiger partial charge >= 0.3 is 5.97 Å². The van der Waals surface area contributed by atoms with E-state index in [0.717, 1.165) is 12.8 Å². The number of carbonyl (C=O) groups excluding carboxylic acids is 1. The molecule has 1 heterocycles. The predicted molar refractivity (Wildman–Crippen MR) is 55.8 cm³/mol. The van der Waals surface area contributed by atoms with Crippen molar-refractivity contribution in [2.24, 2.45) is 11.8 Å². The van der Waals surface area contributed by atoms with Crippen LogP contribution in [0.3, 0.4) is 0 Å². The van der Waals surface area contributed by atoms with Crippen LogP contribution in [0.4, 0.5) is 0 Å². The van der Waals surface area contributed by atoms with Crippen molar-refractivity contribution >= 4 is 11.9 Å². The van der Waals surface area contributed by atoms with Gasteiger partial charge in [0.05, 0.1) is 24.5 Å². The maximum Gasteiger partial charge on any atom is 0.307 e. The highest BCUT2D eigenvalue weighted by atomic mass is 16.6. The molecule has 0 radical (unpaired) electrons. The Hall–Kier alpha value is -1.10. The third-order valence-corrected chi connectivity index (χ3v) is 3.33. The number of rotatable bonds is 4. The van der Waals surface area contributed by atoms with Gasteiger partial charge in [0.25, 0.3) is 0 Å². The average molecular weight is 227 g/mol. The van der Waals surface area contributed by atoms with Crippen molar-refractivity contribution in [3.63, 3.8) is 0 Å². The van der Waals surface area contributed by atoms with Gasteiger partial charge in [-0.2, -0.15) is 0 Å². The highest BCUT2D eigenvalue weighted by Crippen LogP contribution is 2.30. The standard InChI is InChI=1S/C11H17NO4/c13-10(12-5-7-6-16-7)8-3-1-2-4-9(8)11(14)15/h7-9H,1-6H2,(H,12,13)(H,14,15). The highest BCUT2D eigenvalue weighted by molar-refractivity contribution is 5.84. The molecule has 2 N–H and O–H groups in total. The van der Waals surface area contributed by atoms with Gasteiger partial charge in [-0.3, -0.25) is 9.59 Å². The van der Waals surface area contributed by atoms with Crippen LogP contribution in [-0.4, -0.2) is 36.2 Å². The zero-order chi connectivity index (χ0) is 11.5. The summed E-state index contributed by atoms with van der Waals surface area (Å²) >= 11 is 0. The summed E-state index contributed by atoms with van der Waals surface area (Å²) in [5, 5.41) is 11.8. The summed E-state index contributed by atoms with van der Waals surface area (Å²) in [6, 6.07) is 0. The minimum atomic E-state index is -0.845. The number of carboxylic acids is 1. The van der Waals surface area contributed by atoms with Crippen LogP contribution in [-0.2, 0) is 14.3 Å². The molecule has 1 aliphatic heterocycles. The summed E-state index contributed by atoms with van der Waals surface area (Å²) in [4.78, 5) is 22.8. The zero-order valence-electron chi connectivity index (χ0n) is 9.15. The first kappa shape index (κ1) is 11.4. The van der Waals surface area contributed by atoms with Gasteiger partial charge in [0.1, 0.15) is 0 Å². The molecule has 90 valence electrons. The van der Waals surface area contributed by atoms with Crippen LogP contribution in [0, 0.1) is 11.8 Å². The zero-order valence-corrected chi connectivity index (χ0v) is 9.15. The number of hydrogen-bond acceptors (Lipinski definition) is 3. The fraction of sp³-hybridized carbons (Fsp3) is 0.818. The SMILES string of the molecule is O=C(O)C1CCCCC1C(=O)NCC1CO1. The molecule has 2 rings (SSSR count). The van der Waals surface area contributed by atoms with Crippen molar-refractivity contribution in [2.75, 3.05) is 13.2 Å². The predicted octanol–water partition coefficient (Wildman–Crippen LogP) is 0.392. The van der Waals surface area contributed by atoms with E-state index in [0.29, 0.717) is 26.0 Å². The van der Waals surface area contributed by atoms with Gasteiger partial charge in [0.2, 0.25) is 5.91 Å². The molecule has 3 unspecified atom stereocenters. The van der Waals surface area contributed by atoms with Gasteiger partial charge in [-0.25, -0.2) is 0 Å². The molecule has 3 atom stereocenters. The molecule has 2 aliphatic rings. The number of nitrogens with one attached hydrogen (secondary N) is 1. The van der Waals surface area contributed by atoms with Crippen LogP contribution in [0.1, 0.15) is 25.7 Å². The second kappa shape index (κ2) is 4.82. The third-order valence-electron chi connectivity index (χ3n) is 3.33. The average Bonchev–Trinajstić information content (AvgIpc) is 3.09. The fourth-order valence-electron chi connectivity index (χ4n) is 2.27. The second-order valence-corrected chi connectivity index (χ2v) is 4.54. The lowest BCUT2D eigenvalue weighted by molar-refractivity contribution is -0.148. The summed E-state index contributed by atoms with van der Waals surface area (Å²) in [7, 11) is 0. The van der Waals surface area contributed by atoms with Crippen molar-refractivity contribution in [2.45, 2.75) is 31.8 Å². The number of carbonyl (C=O) groups is 2. The number of ether oxygens (including phenoxy) is 1. The molecule has 0 aromatic heterocycles. The number of carboxylic acid groups (broad SMARTS) is 1. The lowest BCUT2D eigenvalue weighted by Gasteiger charge is -2.27. The minimum absolute atomic E-state index is 0.123. The van der Waals surface area contributed by atoms with Crippen LogP contribution < -0.4 is 5.32 Å². The Morgan fingerprint density at radius 2 is 1.88 bits per heavy atom. The van der Waals surface area contributed by atoms with Crippen LogP contribution in [0.5, 0.6) is 0 Å². The van der Waals surface area contributed by atoms with Gasteiger partial charge in [-0.15, -0.1) is 0 Å². The lowest BCUT2D eigenvalue weighted by atomic mass is 9.79. The topological polar surface area (TPSA) is 78.9 Å². The fourth-order valence-corrected chi connectivity index (χ4v) is 2.27. The molecule has 5 heteroatoms. The van der Waals surface area contributed by atoms with Gasteiger partial charge in [0.15, 0.2) is 0 Å². The summed E-state index contributed by atoms with van der Waals surface area (Å²) < 4.78 is 4.99. The van der Waals surface area contributed by atoms with Gasteiger partial charge in [-0.1, -0.05) is 12.8 Å². The first-order valence-corrected chi connectivity index (χ1v) is 5.80. The molecule has 1 saturated heterocycles. The smallest absolute Gasteiger partial charge is 0.307 e. The molecule has 1 amide bonds. The maximum atomic E-state index is 11.8. The summed E-state index contributed by atoms with van der Waals surface area (Å²) in [6.07, 6.45) is 3.31. The quantitative estimate of drug-likeness (QED) is 0.681. The Morgan fingerprint density at radius 3 is 2.44 bits per heavy atom.